The third-order valence-corrected chi connectivity index (χ3v) is 2.82. The number of primary amides is 1. The number of nitrogens with two attached hydrogens (primary N) is 1. The number of carbonyl (C=O) groups is 1. The normalized spacial score (nSPS) is 13.9. The van der Waals surface area contributed by atoms with Gasteiger partial charge in [0.25, 0.3) is 0 Å². The Labute approximate surface area is 109 Å². The molecule has 5 heteroatoms. The monoisotopic (exact) mass is 252 g/mol. The van der Waals surface area contributed by atoms with Gasteiger partial charge in [0.05, 0.1) is 17.8 Å². The second-order valence-electron chi connectivity index (χ2n) is 5.97. The van der Waals surface area contributed by atoms with Gasteiger partial charge in [-0.05, 0) is 26.7 Å². The number of hydrogen-bond acceptors (Lipinski definition) is 3. The van der Waals surface area contributed by atoms with Gasteiger partial charge in [-0.3, -0.25) is 9.48 Å². The van der Waals surface area contributed by atoms with E-state index in [0.717, 1.165) is 5.56 Å². The molecule has 1 aromatic rings. The SMILES string of the molecule is CC(C)C(NCc1cnn(C(C)(C)C)c1)C(N)=O. The lowest BCUT2D eigenvalue weighted by Gasteiger charge is -2.19. The summed E-state index contributed by atoms with van der Waals surface area (Å²) in [6.07, 6.45) is 3.81. The van der Waals surface area contributed by atoms with Gasteiger partial charge >= 0.3 is 0 Å². The molecule has 0 aliphatic carbocycles. The van der Waals surface area contributed by atoms with Crippen LogP contribution in [0.5, 0.6) is 0 Å². The average molecular weight is 252 g/mol. The molecule has 102 valence electrons. The molecule has 0 saturated carbocycles. The van der Waals surface area contributed by atoms with Crippen molar-refractivity contribution in [1.82, 2.24) is 15.1 Å². The van der Waals surface area contributed by atoms with Crippen LogP contribution in [0.3, 0.4) is 0 Å². The summed E-state index contributed by atoms with van der Waals surface area (Å²) in [5.41, 5.74) is 6.38. The largest absolute Gasteiger partial charge is 0.368 e. The van der Waals surface area contributed by atoms with Crippen molar-refractivity contribution >= 4 is 5.91 Å². The zero-order valence-corrected chi connectivity index (χ0v) is 11.9. The van der Waals surface area contributed by atoms with Gasteiger partial charge in [-0.15, -0.1) is 0 Å². The maximum Gasteiger partial charge on any atom is 0.234 e. The van der Waals surface area contributed by atoms with Crippen LogP contribution < -0.4 is 11.1 Å². The van der Waals surface area contributed by atoms with Crippen LogP contribution in [0.4, 0.5) is 0 Å². The van der Waals surface area contributed by atoms with Crippen LogP contribution in [0.25, 0.3) is 0 Å². The predicted octanol–water partition coefficient (Wildman–Crippen LogP) is 1.24. The first-order valence-corrected chi connectivity index (χ1v) is 6.28. The maximum absolute atomic E-state index is 11.3. The second-order valence-corrected chi connectivity index (χ2v) is 5.97. The molecule has 0 aliphatic rings. The summed E-state index contributed by atoms with van der Waals surface area (Å²) in [5.74, 6) is -0.131. The number of rotatable bonds is 5. The molecule has 1 unspecified atom stereocenters. The number of nitrogens with one attached hydrogen (secondary N) is 1. The first kappa shape index (κ1) is 14.7. The fourth-order valence-corrected chi connectivity index (χ4v) is 1.71. The highest BCUT2D eigenvalue weighted by atomic mass is 16.1. The number of aromatic nitrogens is 2. The Morgan fingerprint density at radius 3 is 2.50 bits per heavy atom. The molecule has 1 rings (SSSR count). The molecule has 1 amide bonds. The molecular weight excluding hydrogens is 228 g/mol. The summed E-state index contributed by atoms with van der Waals surface area (Å²) in [4.78, 5) is 11.3. The molecule has 1 atom stereocenters. The minimum atomic E-state index is -0.312. The predicted molar refractivity (Wildman–Crippen MR) is 71.9 cm³/mol. The van der Waals surface area contributed by atoms with E-state index in [1.807, 2.05) is 30.9 Å². The van der Waals surface area contributed by atoms with Crippen LogP contribution in [0.1, 0.15) is 40.2 Å². The topological polar surface area (TPSA) is 72.9 Å². The van der Waals surface area contributed by atoms with Gasteiger partial charge in [-0.1, -0.05) is 13.8 Å². The summed E-state index contributed by atoms with van der Waals surface area (Å²) < 4.78 is 1.92. The van der Waals surface area contributed by atoms with Crippen molar-refractivity contribution in [3.05, 3.63) is 18.0 Å². The van der Waals surface area contributed by atoms with E-state index in [9.17, 15) is 4.79 Å². The Hall–Kier alpha value is -1.36. The van der Waals surface area contributed by atoms with Crippen LogP contribution in [0, 0.1) is 5.92 Å². The highest BCUT2D eigenvalue weighted by molar-refractivity contribution is 5.80. The third kappa shape index (κ3) is 3.84. The number of carbonyl (C=O) groups excluding carboxylic acids is 1. The minimum Gasteiger partial charge on any atom is -0.368 e. The average Bonchev–Trinajstić information content (AvgIpc) is 2.64. The minimum absolute atomic E-state index is 0.0284. The van der Waals surface area contributed by atoms with E-state index in [1.165, 1.54) is 0 Å². The molecule has 3 N–H and O–H groups in total. The molecule has 0 radical (unpaired) electrons. The molecule has 1 heterocycles. The summed E-state index contributed by atoms with van der Waals surface area (Å²) in [6.45, 7) is 10.8. The van der Waals surface area contributed by atoms with Crippen molar-refractivity contribution in [2.75, 3.05) is 0 Å². The van der Waals surface area contributed by atoms with E-state index in [4.69, 9.17) is 5.73 Å². The lowest BCUT2D eigenvalue weighted by Crippen LogP contribution is -2.44. The van der Waals surface area contributed by atoms with Crippen molar-refractivity contribution in [3.8, 4) is 0 Å². The Morgan fingerprint density at radius 1 is 1.50 bits per heavy atom. The van der Waals surface area contributed by atoms with Crippen molar-refractivity contribution in [2.45, 2.75) is 52.7 Å². The molecule has 5 nitrogen and oxygen atoms in total. The van der Waals surface area contributed by atoms with Gasteiger partial charge < -0.3 is 11.1 Å². The molecule has 0 aromatic carbocycles. The van der Waals surface area contributed by atoms with E-state index in [0.29, 0.717) is 6.54 Å². The smallest absolute Gasteiger partial charge is 0.234 e. The van der Waals surface area contributed by atoms with Crippen molar-refractivity contribution < 1.29 is 4.79 Å². The Morgan fingerprint density at radius 2 is 2.11 bits per heavy atom. The summed E-state index contributed by atoms with van der Waals surface area (Å²) in [5, 5.41) is 7.49. The van der Waals surface area contributed by atoms with E-state index in [1.54, 1.807) is 0 Å². The highest BCUT2D eigenvalue weighted by Gasteiger charge is 2.19. The van der Waals surface area contributed by atoms with Gasteiger partial charge in [0.2, 0.25) is 5.91 Å². The van der Waals surface area contributed by atoms with E-state index >= 15 is 0 Å². The maximum atomic E-state index is 11.3. The van der Waals surface area contributed by atoms with E-state index < -0.39 is 0 Å². The van der Waals surface area contributed by atoms with Crippen LogP contribution in [-0.2, 0) is 16.9 Å². The lowest BCUT2D eigenvalue weighted by molar-refractivity contribution is -0.121. The highest BCUT2D eigenvalue weighted by Crippen LogP contribution is 2.13. The zero-order valence-electron chi connectivity index (χ0n) is 11.9. The fraction of sp³-hybridized carbons (Fsp3) is 0.692. The first-order chi connectivity index (χ1) is 8.21. The summed E-state index contributed by atoms with van der Waals surface area (Å²) in [6, 6.07) is -0.303. The second kappa shape index (κ2) is 5.52. The molecule has 0 fully saturated rings. The quantitative estimate of drug-likeness (QED) is 0.828. The van der Waals surface area contributed by atoms with Gasteiger partial charge in [0, 0.05) is 18.3 Å². The fourth-order valence-electron chi connectivity index (χ4n) is 1.71. The van der Waals surface area contributed by atoms with Crippen LogP contribution in [-0.4, -0.2) is 21.7 Å². The van der Waals surface area contributed by atoms with Crippen LogP contribution in [0.2, 0.25) is 0 Å². The lowest BCUT2D eigenvalue weighted by atomic mass is 10.0. The molecule has 0 saturated heterocycles. The molecule has 1 aromatic heterocycles. The van der Waals surface area contributed by atoms with E-state index in [2.05, 4.69) is 31.2 Å². The number of nitrogens with zero attached hydrogens (tertiary/aromatic N) is 2. The van der Waals surface area contributed by atoms with Crippen molar-refractivity contribution in [3.63, 3.8) is 0 Å². The van der Waals surface area contributed by atoms with E-state index in [-0.39, 0.29) is 23.4 Å². The van der Waals surface area contributed by atoms with Crippen LogP contribution >= 0.6 is 0 Å². The Kier molecular flexibility index (Phi) is 4.51. The number of amides is 1. The standard InChI is InChI=1S/C13H24N4O/c1-9(2)11(12(14)18)15-6-10-7-16-17(8-10)13(3,4)5/h7-9,11,15H,6H2,1-5H3,(H2,14,18). The van der Waals surface area contributed by atoms with Gasteiger partial charge in [-0.25, -0.2) is 0 Å². The van der Waals surface area contributed by atoms with Crippen molar-refractivity contribution in [1.29, 1.82) is 0 Å². The first-order valence-electron chi connectivity index (χ1n) is 6.28. The van der Waals surface area contributed by atoms with Gasteiger partial charge in [0.15, 0.2) is 0 Å². The summed E-state index contributed by atoms with van der Waals surface area (Å²) in [7, 11) is 0. The van der Waals surface area contributed by atoms with Gasteiger partial charge in [0.1, 0.15) is 0 Å². The van der Waals surface area contributed by atoms with Gasteiger partial charge in [-0.2, -0.15) is 5.10 Å². The molecular formula is C13H24N4O. The molecule has 0 bridgehead atoms. The Bertz CT molecular complexity index is 403. The molecule has 0 spiro atoms. The molecule has 18 heavy (non-hydrogen) atoms. The third-order valence-electron chi connectivity index (χ3n) is 2.82. The summed E-state index contributed by atoms with van der Waals surface area (Å²) >= 11 is 0. The van der Waals surface area contributed by atoms with Crippen molar-refractivity contribution in [2.24, 2.45) is 11.7 Å². The Balaban J connectivity index is 2.63. The zero-order chi connectivity index (χ0) is 13.9. The molecule has 0 aliphatic heterocycles. The van der Waals surface area contributed by atoms with Crippen LogP contribution in [0.15, 0.2) is 12.4 Å². The number of hydrogen-bond donors (Lipinski definition) is 2.